The van der Waals surface area contributed by atoms with E-state index in [-0.39, 0.29) is 59.6 Å². The minimum absolute atomic E-state index is 0. The second kappa shape index (κ2) is 7.83. The molecule has 0 amide bonds. The van der Waals surface area contributed by atoms with Crippen molar-refractivity contribution in [1.82, 2.24) is 4.57 Å². The number of rotatable bonds is 5. The molecule has 3 aliphatic rings. The van der Waals surface area contributed by atoms with Crippen LogP contribution in [0.2, 0.25) is 0 Å². The fourth-order valence-electron chi connectivity index (χ4n) is 5.15. The van der Waals surface area contributed by atoms with Gasteiger partial charge in [-0.15, -0.1) is 12.4 Å². The van der Waals surface area contributed by atoms with Crippen molar-refractivity contribution in [1.29, 1.82) is 0 Å². The van der Waals surface area contributed by atoms with Crippen molar-refractivity contribution < 1.29 is 23.4 Å². The number of aromatic carboxylic acids is 1. The van der Waals surface area contributed by atoms with Crippen LogP contribution in [-0.4, -0.2) is 47.5 Å². The number of hydrogen-bond acceptors (Lipinski definition) is 5. The van der Waals surface area contributed by atoms with Gasteiger partial charge in [0.2, 0.25) is 5.43 Å². The molecule has 3 heterocycles. The van der Waals surface area contributed by atoms with E-state index in [1.807, 2.05) is 0 Å². The summed E-state index contributed by atoms with van der Waals surface area (Å²) < 4.78 is 39.0. The zero-order chi connectivity index (χ0) is 22.1. The van der Waals surface area contributed by atoms with Crippen LogP contribution in [0.15, 0.2) is 17.6 Å². The number of nitrogens with two attached hydrogens (primary N) is 1. The predicted molar refractivity (Wildman–Crippen MR) is 119 cm³/mol. The van der Waals surface area contributed by atoms with Crippen LogP contribution in [0.4, 0.5) is 14.5 Å². The lowest BCUT2D eigenvalue weighted by atomic mass is 9.91. The number of hydrogen-bond donors (Lipinski definition) is 2. The topological polar surface area (TPSA) is 97.8 Å². The van der Waals surface area contributed by atoms with E-state index >= 15 is 8.78 Å². The third-order valence-electron chi connectivity index (χ3n) is 6.90. The summed E-state index contributed by atoms with van der Waals surface area (Å²) in [5, 5.41) is 9.18. The van der Waals surface area contributed by atoms with Gasteiger partial charge in [-0.1, -0.05) is 12.7 Å². The van der Waals surface area contributed by atoms with Crippen LogP contribution in [0.3, 0.4) is 0 Å². The molecule has 3 fully saturated rings. The lowest BCUT2D eigenvalue weighted by Crippen LogP contribution is -2.44. The van der Waals surface area contributed by atoms with Crippen LogP contribution in [0.25, 0.3) is 17.0 Å². The third kappa shape index (κ3) is 3.06. The second-order valence-corrected chi connectivity index (χ2v) is 8.62. The number of aromatic nitrogens is 1. The van der Waals surface area contributed by atoms with E-state index in [9.17, 15) is 14.7 Å². The van der Waals surface area contributed by atoms with Crippen molar-refractivity contribution >= 4 is 41.0 Å². The number of benzene rings is 1. The van der Waals surface area contributed by atoms with Crippen molar-refractivity contribution in [3.8, 4) is 0 Å². The highest BCUT2D eigenvalue weighted by atomic mass is 35.5. The first-order chi connectivity index (χ1) is 14.8. The Kier molecular flexibility index (Phi) is 5.55. The summed E-state index contributed by atoms with van der Waals surface area (Å²) in [7, 11) is 0. The Bertz CT molecular complexity index is 1200. The number of pyridine rings is 1. The zero-order valence-electron chi connectivity index (χ0n) is 17.3. The van der Waals surface area contributed by atoms with Crippen LogP contribution in [0.5, 0.6) is 0 Å². The Labute approximate surface area is 188 Å². The van der Waals surface area contributed by atoms with Gasteiger partial charge in [-0.05, 0) is 19.3 Å². The van der Waals surface area contributed by atoms with Gasteiger partial charge < -0.3 is 25.0 Å². The quantitative estimate of drug-likeness (QED) is 0.701. The van der Waals surface area contributed by atoms with E-state index in [2.05, 4.69) is 6.58 Å². The third-order valence-corrected chi connectivity index (χ3v) is 6.90. The highest BCUT2D eigenvalue weighted by molar-refractivity contribution is 5.98. The average molecular weight is 468 g/mol. The van der Waals surface area contributed by atoms with Gasteiger partial charge in [0.15, 0.2) is 11.6 Å². The molecule has 2 aromatic rings. The predicted octanol–water partition coefficient (Wildman–Crippen LogP) is 2.93. The molecular weight excluding hydrogens is 444 g/mol. The summed E-state index contributed by atoms with van der Waals surface area (Å²) in [6.45, 7) is 5.04. The van der Waals surface area contributed by atoms with E-state index in [1.165, 1.54) is 10.8 Å². The molecule has 2 saturated heterocycles. The van der Waals surface area contributed by atoms with E-state index < -0.39 is 34.2 Å². The molecule has 5 rings (SSSR count). The van der Waals surface area contributed by atoms with Crippen LogP contribution in [0, 0.1) is 17.6 Å². The van der Waals surface area contributed by atoms with Gasteiger partial charge in [0.1, 0.15) is 16.9 Å². The Balaban J connectivity index is 0.00000245. The van der Waals surface area contributed by atoms with Crippen molar-refractivity contribution in [2.45, 2.75) is 30.9 Å². The smallest absolute Gasteiger partial charge is 0.341 e. The van der Waals surface area contributed by atoms with E-state index in [1.54, 1.807) is 4.90 Å². The van der Waals surface area contributed by atoms with Crippen molar-refractivity contribution in [3.63, 3.8) is 0 Å². The summed E-state index contributed by atoms with van der Waals surface area (Å²) in [6, 6.07) is -0.136. The number of halogens is 3. The SMILES string of the molecule is C=Cc1c(F)c(N2CC3CCOC3(CN)C2)c(F)c2c1c(=O)c(C(=O)O)cn2C1CC1.Cl. The number of fused-ring (bicyclic) bond motifs is 2. The fourth-order valence-corrected chi connectivity index (χ4v) is 5.15. The molecule has 10 heteroatoms. The molecule has 1 aromatic heterocycles. The lowest BCUT2D eigenvalue weighted by Gasteiger charge is -2.28. The standard InChI is InChI=1S/C22H23F2N3O4.ClH/c1-2-13-15-18(27(12-3-4-12)8-14(20(15)28)21(29)30)17(24)19(16(13)23)26-7-11-5-6-31-22(11,9-25)10-26;/h2,8,11-12H,1,3-7,9-10,25H2,(H,29,30);1H. The normalized spacial score (nSPS) is 24.5. The maximum atomic E-state index is 16.0. The first kappa shape index (κ1) is 22.7. The van der Waals surface area contributed by atoms with Gasteiger partial charge in [-0.25, -0.2) is 13.6 Å². The van der Waals surface area contributed by atoms with Crippen molar-refractivity contribution in [2.75, 3.05) is 31.1 Å². The Morgan fingerprint density at radius 1 is 1.34 bits per heavy atom. The lowest BCUT2D eigenvalue weighted by molar-refractivity contribution is 0.0126. The molecule has 32 heavy (non-hydrogen) atoms. The first-order valence-corrected chi connectivity index (χ1v) is 10.4. The molecule has 1 aliphatic carbocycles. The van der Waals surface area contributed by atoms with Crippen LogP contribution in [-0.2, 0) is 4.74 Å². The van der Waals surface area contributed by atoms with Gasteiger partial charge in [0.25, 0.3) is 0 Å². The Morgan fingerprint density at radius 3 is 2.62 bits per heavy atom. The number of ether oxygens (including phenoxy) is 1. The van der Waals surface area contributed by atoms with E-state index in [4.69, 9.17) is 10.5 Å². The molecule has 0 spiro atoms. The van der Waals surface area contributed by atoms with Gasteiger partial charge in [-0.3, -0.25) is 4.79 Å². The number of carboxylic acids is 1. The van der Waals surface area contributed by atoms with Gasteiger partial charge >= 0.3 is 5.97 Å². The molecule has 1 aromatic carbocycles. The molecule has 0 radical (unpaired) electrons. The molecule has 3 N–H and O–H groups in total. The highest BCUT2D eigenvalue weighted by Crippen LogP contribution is 2.45. The highest BCUT2D eigenvalue weighted by Gasteiger charge is 2.51. The molecule has 1 saturated carbocycles. The monoisotopic (exact) mass is 467 g/mol. The van der Waals surface area contributed by atoms with E-state index in [0.717, 1.165) is 25.3 Å². The van der Waals surface area contributed by atoms with Crippen LogP contribution >= 0.6 is 12.4 Å². The largest absolute Gasteiger partial charge is 0.477 e. The summed E-state index contributed by atoms with van der Waals surface area (Å²) in [4.78, 5) is 26.1. The van der Waals surface area contributed by atoms with Crippen molar-refractivity contribution in [3.05, 3.63) is 45.8 Å². The van der Waals surface area contributed by atoms with Gasteiger partial charge in [0, 0.05) is 50.0 Å². The zero-order valence-corrected chi connectivity index (χ0v) is 18.1. The average Bonchev–Trinajstić information content (AvgIpc) is 3.40. The van der Waals surface area contributed by atoms with E-state index in [0.29, 0.717) is 13.2 Å². The minimum Gasteiger partial charge on any atom is -0.477 e. The molecule has 0 bridgehead atoms. The Morgan fingerprint density at radius 2 is 2.06 bits per heavy atom. The minimum atomic E-state index is -1.43. The van der Waals surface area contributed by atoms with Gasteiger partial charge in [0.05, 0.1) is 10.9 Å². The molecule has 2 atom stereocenters. The summed E-state index contributed by atoms with van der Waals surface area (Å²) in [6.07, 6.45) is 4.53. The number of carbonyl (C=O) groups is 1. The number of nitrogens with zero attached hydrogens (tertiary/aromatic N) is 2. The maximum absolute atomic E-state index is 16.0. The van der Waals surface area contributed by atoms with Gasteiger partial charge in [-0.2, -0.15) is 0 Å². The summed E-state index contributed by atoms with van der Waals surface area (Å²) in [5.74, 6) is -3.17. The Hall–Kier alpha value is -2.49. The second-order valence-electron chi connectivity index (χ2n) is 8.62. The molecule has 2 unspecified atom stereocenters. The first-order valence-electron chi connectivity index (χ1n) is 10.4. The molecule has 172 valence electrons. The number of carboxylic acid groups (broad SMARTS) is 1. The summed E-state index contributed by atoms with van der Waals surface area (Å²) in [5.41, 5.74) is 3.36. The van der Waals surface area contributed by atoms with Crippen LogP contribution in [0.1, 0.15) is 41.2 Å². The maximum Gasteiger partial charge on any atom is 0.341 e. The molecular formula is C22H24ClF2N3O4. The fraction of sp³-hybridized carbons (Fsp3) is 0.455. The molecule has 2 aliphatic heterocycles. The molecule has 7 nitrogen and oxygen atoms in total. The number of anilines is 1. The van der Waals surface area contributed by atoms with Crippen molar-refractivity contribution in [2.24, 2.45) is 11.7 Å². The van der Waals surface area contributed by atoms with Crippen LogP contribution < -0.4 is 16.1 Å². The summed E-state index contributed by atoms with van der Waals surface area (Å²) >= 11 is 0.